The largest absolute Gasteiger partial charge is 0.419 e. The summed E-state index contributed by atoms with van der Waals surface area (Å²) in [5, 5.41) is 12.2. The van der Waals surface area contributed by atoms with Crippen LogP contribution in [-0.2, 0) is 17.7 Å². The topological polar surface area (TPSA) is 90.3 Å². The zero-order chi connectivity index (χ0) is 17.9. The minimum absolute atomic E-state index is 0.140. The Morgan fingerprint density at radius 3 is 2.96 bits per heavy atom. The van der Waals surface area contributed by atoms with Crippen LogP contribution in [-0.4, -0.2) is 51.5 Å². The summed E-state index contributed by atoms with van der Waals surface area (Å²) in [6.45, 7) is 4.22. The monoisotopic (exact) mass is 355 g/mol. The molecule has 8 heteroatoms. The Bertz CT molecular complexity index is 847. The highest BCUT2D eigenvalue weighted by molar-refractivity contribution is 5.49. The Balaban J connectivity index is 1.40. The molecule has 0 N–H and O–H groups in total. The van der Waals surface area contributed by atoms with Crippen molar-refractivity contribution in [3.8, 4) is 11.5 Å². The van der Waals surface area contributed by atoms with Crippen LogP contribution in [0, 0.1) is 12.8 Å². The minimum atomic E-state index is 0.140. The average molecular weight is 355 g/mol. The molecule has 4 rings (SSSR count). The second-order valence-electron chi connectivity index (χ2n) is 6.61. The third-order valence-corrected chi connectivity index (χ3v) is 4.63. The van der Waals surface area contributed by atoms with Crippen LogP contribution in [0.1, 0.15) is 17.3 Å². The van der Waals surface area contributed by atoms with Gasteiger partial charge in [-0.25, -0.2) is 0 Å². The van der Waals surface area contributed by atoms with Gasteiger partial charge in [0.15, 0.2) is 0 Å². The van der Waals surface area contributed by atoms with E-state index in [1.54, 1.807) is 19.5 Å². The van der Waals surface area contributed by atoms with Gasteiger partial charge in [-0.1, -0.05) is 5.16 Å². The van der Waals surface area contributed by atoms with E-state index < -0.39 is 0 Å². The number of rotatable bonds is 6. The number of methoxy groups -OCH3 is 1. The predicted molar refractivity (Wildman–Crippen MR) is 92.0 cm³/mol. The molecule has 0 aliphatic carbocycles. The van der Waals surface area contributed by atoms with Gasteiger partial charge in [-0.2, -0.15) is 0 Å². The van der Waals surface area contributed by atoms with Gasteiger partial charge in [-0.3, -0.25) is 9.88 Å². The average Bonchev–Trinajstić information content (AvgIpc) is 3.37. The van der Waals surface area contributed by atoms with Gasteiger partial charge in [0, 0.05) is 51.0 Å². The van der Waals surface area contributed by atoms with E-state index in [4.69, 9.17) is 13.7 Å². The maximum atomic E-state index is 5.78. The van der Waals surface area contributed by atoms with Gasteiger partial charge in [0.1, 0.15) is 5.76 Å². The molecule has 3 aromatic rings. The number of nitrogens with zero attached hydrogens (tertiary/aromatic N) is 5. The van der Waals surface area contributed by atoms with Gasteiger partial charge in [0.25, 0.3) is 0 Å². The molecule has 0 amide bonds. The van der Waals surface area contributed by atoms with Crippen LogP contribution >= 0.6 is 0 Å². The summed E-state index contributed by atoms with van der Waals surface area (Å²) in [6, 6.07) is 5.72. The summed E-state index contributed by atoms with van der Waals surface area (Å²) in [5.74, 6) is 2.32. The van der Waals surface area contributed by atoms with Gasteiger partial charge >= 0.3 is 0 Å². The molecule has 3 aromatic heterocycles. The van der Waals surface area contributed by atoms with Gasteiger partial charge in [-0.15, -0.1) is 10.2 Å². The van der Waals surface area contributed by atoms with Crippen LogP contribution in [0.3, 0.4) is 0 Å². The van der Waals surface area contributed by atoms with Crippen LogP contribution in [0.5, 0.6) is 0 Å². The van der Waals surface area contributed by atoms with E-state index in [-0.39, 0.29) is 6.10 Å². The highest BCUT2D eigenvalue weighted by atomic mass is 16.5. The summed E-state index contributed by atoms with van der Waals surface area (Å²) < 4.78 is 16.8. The van der Waals surface area contributed by atoms with Crippen molar-refractivity contribution in [1.82, 2.24) is 25.2 Å². The molecule has 136 valence electrons. The molecular weight excluding hydrogens is 334 g/mol. The molecule has 0 saturated carbocycles. The van der Waals surface area contributed by atoms with Crippen LogP contribution in [0.2, 0.25) is 0 Å². The molecule has 8 nitrogen and oxygen atoms in total. The summed E-state index contributed by atoms with van der Waals surface area (Å²) in [4.78, 5) is 6.34. The van der Waals surface area contributed by atoms with Gasteiger partial charge in [0.2, 0.25) is 11.8 Å². The van der Waals surface area contributed by atoms with Crippen molar-refractivity contribution < 1.29 is 13.7 Å². The molecule has 0 radical (unpaired) electrons. The van der Waals surface area contributed by atoms with Gasteiger partial charge in [-0.05, 0) is 19.1 Å². The molecule has 4 heterocycles. The van der Waals surface area contributed by atoms with E-state index in [0.717, 1.165) is 36.5 Å². The van der Waals surface area contributed by atoms with Gasteiger partial charge in [0.05, 0.1) is 23.9 Å². The fourth-order valence-electron chi connectivity index (χ4n) is 3.41. The highest BCUT2D eigenvalue weighted by Crippen LogP contribution is 2.26. The predicted octanol–water partition coefficient (Wildman–Crippen LogP) is 2.12. The standard InChI is InChI=1S/C18H21N5O3/c1-12-6-15(26-22-12)7-14-9-23(10-16(14)24-2)11-17-20-21-18(25-17)13-4-3-5-19-8-13/h3-6,8,14,16H,7,9-11H2,1-2H3/t14-,16-/m1/s1. The van der Waals surface area contributed by atoms with Crippen molar-refractivity contribution >= 4 is 0 Å². The fraction of sp³-hybridized carbons (Fsp3) is 0.444. The van der Waals surface area contributed by atoms with E-state index in [2.05, 4.69) is 25.2 Å². The summed E-state index contributed by atoms with van der Waals surface area (Å²) in [5.41, 5.74) is 1.72. The Morgan fingerprint density at radius 2 is 2.23 bits per heavy atom. The first-order chi connectivity index (χ1) is 12.7. The molecule has 26 heavy (non-hydrogen) atoms. The second-order valence-corrected chi connectivity index (χ2v) is 6.61. The minimum Gasteiger partial charge on any atom is -0.419 e. The van der Waals surface area contributed by atoms with E-state index in [9.17, 15) is 0 Å². The third kappa shape index (κ3) is 3.66. The van der Waals surface area contributed by atoms with E-state index in [1.807, 2.05) is 25.1 Å². The van der Waals surface area contributed by atoms with Crippen LogP contribution in [0.4, 0.5) is 0 Å². The second kappa shape index (κ2) is 7.35. The maximum Gasteiger partial charge on any atom is 0.249 e. The highest BCUT2D eigenvalue weighted by Gasteiger charge is 2.34. The SMILES string of the molecule is CO[C@@H]1CN(Cc2nnc(-c3cccnc3)o2)C[C@H]1Cc1cc(C)no1. The molecular formula is C18H21N5O3. The quantitative estimate of drug-likeness (QED) is 0.664. The molecule has 1 aliphatic heterocycles. The molecule has 0 unspecified atom stereocenters. The number of ether oxygens (including phenoxy) is 1. The van der Waals surface area contributed by atoms with Crippen LogP contribution in [0.25, 0.3) is 11.5 Å². The molecule has 0 aromatic carbocycles. The molecule has 1 fully saturated rings. The molecule has 2 atom stereocenters. The van der Waals surface area contributed by atoms with Gasteiger partial charge < -0.3 is 13.7 Å². The van der Waals surface area contributed by atoms with E-state index in [1.165, 1.54) is 0 Å². The Kier molecular flexibility index (Phi) is 4.77. The lowest BCUT2D eigenvalue weighted by Gasteiger charge is -2.14. The van der Waals surface area contributed by atoms with Crippen molar-refractivity contribution in [2.75, 3.05) is 20.2 Å². The first-order valence-corrected chi connectivity index (χ1v) is 8.61. The summed E-state index contributed by atoms with van der Waals surface area (Å²) in [6.07, 6.45) is 4.37. The summed E-state index contributed by atoms with van der Waals surface area (Å²) >= 11 is 0. The number of likely N-dealkylation sites (tertiary alicyclic amines) is 1. The van der Waals surface area contributed by atoms with Crippen molar-refractivity contribution in [3.05, 3.63) is 47.9 Å². The van der Waals surface area contributed by atoms with E-state index in [0.29, 0.717) is 24.2 Å². The van der Waals surface area contributed by atoms with Crippen LogP contribution < -0.4 is 0 Å². The zero-order valence-corrected chi connectivity index (χ0v) is 14.8. The normalized spacial score (nSPS) is 20.7. The Hall–Kier alpha value is -2.58. The van der Waals surface area contributed by atoms with Crippen LogP contribution in [0.15, 0.2) is 39.5 Å². The number of hydrogen-bond acceptors (Lipinski definition) is 8. The lowest BCUT2D eigenvalue weighted by Crippen LogP contribution is -2.23. The molecule has 0 spiro atoms. The molecule has 0 bridgehead atoms. The lowest BCUT2D eigenvalue weighted by molar-refractivity contribution is 0.0757. The maximum absolute atomic E-state index is 5.78. The fourth-order valence-corrected chi connectivity index (χ4v) is 3.41. The first-order valence-electron chi connectivity index (χ1n) is 8.61. The molecule has 1 saturated heterocycles. The zero-order valence-electron chi connectivity index (χ0n) is 14.8. The number of aromatic nitrogens is 4. The van der Waals surface area contributed by atoms with Crippen molar-refractivity contribution in [2.45, 2.75) is 26.0 Å². The smallest absolute Gasteiger partial charge is 0.249 e. The number of hydrogen-bond donors (Lipinski definition) is 0. The Labute approximate surface area is 151 Å². The first kappa shape index (κ1) is 16.9. The number of pyridine rings is 1. The number of aryl methyl sites for hydroxylation is 1. The Morgan fingerprint density at radius 1 is 1.31 bits per heavy atom. The summed E-state index contributed by atoms with van der Waals surface area (Å²) in [7, 11) is 1.75. The molecule has 1 aliphatic rings. The van der Waals surface area contributed by atoms with Crippen molar-refractivity contribution in [3.63, 3.8) is 0 Å². The van der Waals surface area contributed by atoms with Crippen molar-refractivity contribution in [1.29, 1.82) is 0 Å². The van der Waals surface area contributed by atoms with Crippen molar-refractivity contribution in [2.24, 2.45) is 5.92 Å². The van der Waals surface area contributed by atoms with E-state index >= 15 is 0 Å². The third-order valence-electron chi connectivity index (χ3n) is 4.63. The lowest BCUT2D eigenvalue weighted by atomic mass is 10.0.